The summed E-state index contributed by atoms with van der Waals surface area (Å²) < 4.78 is 10.5. The van der Waals surface area contributed by atoms with Gasteiger partial charge in [0.25, 0.3) is 11.1 Å². The maximum Gasteiger partial charge on any atom is 0.343 e. The summed E-state index contributed by atoms with van der Waals surface area (Å²) in [5.41, 5.74) is 1.47. The summed E-state index contributed by atoms with van der Waals surface area (Å²) in [4.78, 5) is 39.1. The van der Waals surface area contributed by atoms with Gasteiger partial charge in [0.2, 0.25) is 0 Å². The normalized spacial score (nSPS) is 14.6. The van der Waals surface area contributed by atoms with Crippen LogP contribution >= 0.6 is 35.0 Å². The maximum atomic E-state index is 12.9. The predicted octanol–water partition coefficient (Wildman–Crippen LogP) is 6.46. The maximum absolute atomic E-state index is 12.9. The van der Waals surface area contributed by atoms with E-state index in [1.54, 1.807) is 79.9 Å². The third-order valence-corrected chi connectivity index (χ3v) is 6.56. The number of thioether (sulfide) groups is 1. The summed E-state index contributed by atoms with van der Waals surface area (Å²) in [5.74, 6) is -0.0516. The zero-order valence-corrected chi connectivity index (χ0v) is 20.1. The molecule has 0 radical (unpaired) electrons. The van der Waals surface area contributed by atoms with E-state index >= 15 is 0 Å². The van der Waals surface area contributed by atoms with Crippen LogP contribution in [0.4, 0.5) is 4.79 Å². The number of carbonyl (C=O) groups is 3. The molecule has 1 fully saturated rings. The van der Waals surface area contributed by atoms with Crippen molar-refractivity contribution in [1.29, 1.82) is 0 Å². The molecule has 0 unspecified atom stereocenters. The van der Waals surface area contributed by atoms with Gasteiger partial charge >= 0.3 is 5.97 Å². The Bertz CT molecular complexity index is 1290. The Morgan fingerprint density at radius 3 is 2.32 bits per heavy atom. The van der Waals surface area contributed by atoms with Gasteiger partial charge in [-0.3, -0.25) is 14.5 Å². The molecule has 172 valence electrons. The second-order valence-electron chi connectivity index (χ2n) is 7.16. The number of hydrogen-bond donors (Lipinski definition) is 0. The van der Waals surface area contributed by atoms with Crippen LogP contribution in [-0.2, 0) is 11.3 Å². The lowest BCUT2D eigenvalue weighted by molar-refractivity contribution is -0.123. The largest absolute Gasteiger partial charge is 0.497 e. The SMILES string of the molecule is COc1ccc(C(=O)Oc2cccc(/C=C3\SC(=O)N(Cc4c(Cl)cccc4Cl)C3=O)c2)cc1. The van der Waals surface area contributed by atoms with E-state index in [2.05, 4.69) is 0 Å². The smallest absolute Gasteiger partial charge is 0.343 e. The summed E-state index contributed by atoms with van der Waals surface area (Å²) in [5, 5.41) is 0.332. The van der Waals surface area contributed by atoms with E-state index in [0.29, 0.717) is 38.2 Å². The van der Waals surface area contributed by atoms with Gasteiger partial charge in [0.15, 0.2) is 0 Å². The number of ether oxygens (including phenoxy) is 2. The van der Waals surface area contributed by atoms with E-state index in [1.807, 2.05) is 0 Å². The van der Waals surface area contributed by atoms with E-state index in [-0.39, 0.29) is 11.4 Å². The van der Waals surface area contributed by atoms with Crippen molar-refractivity contribution in [3.63, 3.8) is 0 Å². The molecular formula is C25H17Cl2NO5S. The van der Waals surface area contributed by atoms with Gasteiger partial charge in [-0.25, -0.2) is 4.79 Å². The summed E-state index contributed by atoms with van der Waals surface area (Å²) in [7, 11) is 1.54. The molecule has 1 saturated heterocycles. The summed E-state index contributed by atoms with van der Waals surface area (Å²) >= 11 is 13.2. The predicted molar refractivity (Wildman–Crippen MR) is 132 cm³/mol. The molecule has 0 N–H and O–H groups in total. The van der Waals surface area contributed by atoms with Crippen LogP contribution < -0.4 is 9.47 Å². The fourth-order valence-electron chi connectivity index (χ4n) is 3.19. The van der Waals surface area contributed by atoms with E-state index in [9.17, 15) is 14.4 Å². The Hall–Kier alpha value is -3.26. The molecule has 4 rings (SSSR count). The van der Waals surface area contributed by atoms with Crippen LogP contribution in [0.3, 0.4) is 0 Å². The third kappa shape index (κ3) is 5.28. The van der Waals surface area contributed by atoms with Gasteiger partial charge in [0, 0.05) is 15.6 Å². The quantitative estimate of drug-likeness (QED) is 0.214. The summed E-state index contributed by atoms with van der Waals surface area (Å²) in [6, 6.07) is 18.2. The van der Waals surface area contributed by atoms with Crippen LogP contribution in [0.1, 0.15) is 21.5 Å². The Morgan fingerprint density at radius 1 is 0.971 bits per heavy atom. The minimum atomic E-state index is -0.531. The number of halogens is 2. The standard InChI is InChI=1S/C25H17Cl2NO5S/c1-32-17-10-8-16(9-11-17)24(30)33-18-5-2-4-15(12-18)13-22-23(29)28(25(31)34-22)14-19-20(26)6-3-7-21(19)27/h2-13H,14H2,1H3/b22-13-. The molecule has 0 aliphatic carbocycles. The van der Waals surface area contributed by atoms with Crippen LogP contribution in [-0.4, -0.2) is 29.1 Å². The topological polar surface area (TPSA) is 72.9 Å². The molecule has 0 aromatic heterocycles. The first-order valence-corrected chi connectivity index (χ1v) is 11.6. The molecule has 9 heteroatoms. The molecule has 0 saturated carbocycles. The second kappa shape index (κ2) is 10.3. The molecule has 0 spiro atoms. The number of esters is 1. The summed E-state index contributed by atoms with van der Waals surface area (Å²) in [6.45, 7) is -0.0278. The first-order chi connectivity index (χ1) is 16.4. The Morgan fingerprint density at radius 2 is 1.65 bits per heavy atom. The number of amides is 2. The van der Waals surface area contributed by atoms with Crippen molar-refractivity contribution in [3.05, 3.63) is 98.4 Å². The highest BCUT2D eigenvalue weighted by atomic mass is 35.5. The molecule has 3 aromatic carbocycles. The molecule has 1 aliphatic heterocycles. The first kappa shape index (κ1) is 23.9. The van der Waals surface area contributed by atoms with Crippen molar-refractivity contribution < 1.29 is 23.9 Å². The van der Waals surface area contributed by atoms with Crippen molar-refractivity contribution in [1.82, 2.24) is 4.90 Å². The van der Waals surface area contributed by atoms with Crippen LogP contribution in [0.15, 0.2) is 71.6 Å². The van der Waals surface area contributed by atoms with Gasteiger partial charge in [-0.05, 0) is 71.9 Å². The van der Waals surface area contributed by atoms with Crippen molar-refractivity contribution in [3.8, 4) is 11.5 Å². The number of imide groups is 1. The average molecular weight is 514 g/mol. The molecular weight excluding hydrogens is 497 g/mol. The lowest BCUT2D eigenvalue weighted by Gasteiger charge is -2.14. The Balaban J connectivity index is 1.49. The van der Waals surface area contributed by atoms with Crippen LogP contribution in [0.2, 0.25) is 10.0 Å². The number of carbonyl (C=O) groups excluding carboxylic acids is 3. The van der Waals surface area contributed by atoms with E-state index in [4.69, 9.17) is 32.7 Å². The van der Waals surface area contributed by atoms with Gasteiger partial charge in [-0.15, -0.1) is 0 Å². The highest BCUT2D eigenvalue weighted by Gasteiger charge is 2.35. The van der Waals surface area contributed by atoms with E-state index in [0.717, 1.165) is 16.7 Å². The van der Waals surface area contributed by atoms with Gasteiger partial charge in [0.1, 0.15) is 11.5 Å². The molecule has 0 bridgehead atoms. The van der Waals surface area contributed by atoms with Crippen LogP contribution in [0.25, 0.3) is 6.08 Å². The molecule has 3 aromatic rings. The van der Waals surface area contributed by atoms with Crippen molar-refractivity contribution >= 4 is 58.2 Å². The van der Waals surface area contributed by atoms with Gasteiger partial charge in [-0.1, -0.05) is 41.4 Å². The summed E-state index contributed by atoms with van der Waals surface area (Å²) in [6.07, 6.45) is 1.57. The Kier molecular flexibility index (Phi) is 7.26. The molecule has 34 heavy (non-hydrogen) atoms. The second-order valence-corrected chi connectivity index (χ2v) is 8.97. The highest BCUT2D eigenvalue weighted by molar-refractivity contribution is 8.18. The number of benzene rings is 3. The van der Waals surface area contributed by atoms with Crippen LogP contribution in [0, 0.1) is 0 Å². The fourth-order valence-corrected chi connectivity index (χ4v) is 4.55. The van der Waals surface area contributed by atoms with Gasteiger partial charge < -0.3 is 9.47 Å². The van der Waals surface area contributed by atoms with Gasteiger partial charge in [0.05, 0.1) is 24.1 Å². The lowest BCUT2D eigenvalue weighted by atomic mass is 10.2. The number of rotatable bonds is 6. The molecule has 0 atom stereocenters. The Labute approximate surface area is 210 Å². The minimum absolute atomic E-state index is 0.0278. The zero-order chi connectivity index (χ0) is 24.2. The van der Waals surface area contributed by atoms with E-state index in [1.165, 1.54) is 0 Å². The lowest BCUT2D eigenvalue weighted by Crippen LogP contribution is -2.27. The molecule has 2 amide bonds. The van der Waals surface area contributed by atoms with Crippen molar-refractivity contribution in [2.24, 2.45) is 0 Å². The number of nitrogens with zero attached hydrogens (tertiary/aromatic N) is 1. The fraction of sp³-hybridized carbons (Fsp3) is 0.0800. The third-order valence-electron chi connectivity index (χ3n) is 4.94. The molecule has 1 heterocycles. The molecule has 6 nitrogen and oxygen atoms in total. The van der Waals surface area contributed by atoms with Gasteiger partial charge in [-0.2, -0.15) is 0 Å². The zero-order valence-electron chi connectivity index (χ0n) is 17.8. The minimum Gasteiger partial charge on any atom is -0.497 e. The van der Waals surface area contributed by atoms with Crippen LogP contribution in [0.5, 0.6) is 11.5 Å². The number of methoxy groups -OCH3 is 1. The first-order valence-electron chi connectivity index (χ1n) is 10.0. The highest BCUT2D eigenvalue weighted by Crippen LogP contribution is 2.36. The molecule has 1 aliphatic rings. The van der Waals surface area contributed by atoms with Crippen molar-refractivity contribution in [2.45, 2.75) is 6.54 Å². The van der Waals surface area contributed by atoms with E-state index < -0.39 is 17.1 Å². The number of hydrogen-bond acceptors (Lipinski definition) is 6. The monoisotopic (exact) mass is 513 g/mol. The average Bonchev–Trinajstić information content (AvgIpc) is 3.08. The van der Waals surface area contributed by atoms with Crippen molar-refractivity contribution in [2.75, 3.05) is 7.11 Å².